The van der Waals surface area contributed by atoms with Crippen LogP contribution in [0.15, 0.2) is 28.6 Å². The first kappa shape index (κ1) is 24.6. The lowest BCUT2D eigenvalue weighted by Gasteiger charge is -2.34. The second-order valence-electron chi connectivity index (χ2n) is 6.86. The smallest absolute Gasteiger partial charge is 0.357 e. The summed E-state index contributed by atoms with van der Waals surface area (Å²) in [6.45, 7) is 6.49. The number of pyridine rings is 1. The number of hydrogen-bond acceptors (Lipinski definition) is 5. The van der Waals surface area contributed by atoms with Gasteiger partial charge in [-0.2, -0.15) is 13.2 Å². The number of thiazole rings is 1. The van der Waals surface area contributed by atoms with Gasteiger partial charge in [0.25, 0.3) is 0 Å². The maximum Gasteiger partial charge on any atom is 0.434 e. The van der Waals surface area contributed by atoms with Crippen molar-refractivity contribution in [2.24, 2.45) is 4.99 Å². The van der Waals surface area contributed by atoms with Crippen LogP contribution in [0.5, 0.6) is 0 Å². The largest absolute Gasteiger partial charge is 0.434 e. The van der Waals surface area contributed by atoms with E-state index in [9.17, 15) is 13.2 Å². The molecule has 1 fully saturated rings. The maximum atomic E-state index is 12.7. The molecule has 0 aliphatic carbocycles. The van der Waals surface area contributed by atoms with Crippen LogP contribution < -0.4 is 15.5 Å². The summed E-state index contributed by atoms with van der Waals surface area (Å²) in [5.41, 5.74) is 0.142. The molecule has 11 heteroatoms. The van der Waals surface area contributed by atoms with E-state index in [0.29, 0.717) is 17.5 Å². The van der Waals surface area contributed by atoms with Crippen LogP contribution in [0.1, 0.15) is 36.2 Å². The van der Waals surface area contributed by atoms with Crippen molar-refractivity contribution < 1.29 is 13.2 Å². The quantitative estimate of drug-likeness (QED) is 0.330. The Morgan fingerprint density at radius 3 is 2.60 bits per heavy atom. The molecular weight excluding hydrogens is 528 g/mol. The van der Waals surface area contributed by atoms with Gasteiger partial charge in [-0.15, -0.1) is 35.3 Å². The molecule has 0 aromatic carbocycles. The van der Waals surface area contributed by atoms with E-state index < -0.39 is 11.9 Å². The minimum Gasteiger partial charge on any atom is -0.357 e. The lowest BCUT2D eigenvalue weighted by Crippen LogP contribution is -2.48. The molecule has 0 amide bonds. The third-order valence-corrected chi connectivity index (χ3v) is 5.43. The van der Waals surface area contributed by atoms with Crippen molar-refractivity contribution in [2.75, 3.05) is 24.5 Å². The van der Waals surface area contributed by atoms with E-state index in [1.54, 1.807) is 0 Å². The fourth-order valence-corrected chi connectivity index (χ4v) is 3.86. The minimum absolute atomic E-state index is 0. The summed E-state index contributed by atoms with van der Waals surface area (Å²) >= 11 is 0.974. The Balaban J connectivity index is 0.00000320. The van der Waals surface area contributed by atoms with Gasteiger partial charge in [0.2, 0.25) is 0 Å². The average Bonchev–Trinajstić information content (AvgIpc) is 3.16. The van der Waals surface area contributed by atoms with Crippen LogP contribution in [-0.4, -0.2) is 41.6 Å². The number of aliphatic imine (C=N–C) groups is 1. The van der Waals surface area contributed by atoms with Crippen LogP contribution in [-0.2, 0) is 12.7 Å². The first-order valence-corrected chi connectivity index (χ1v) is 10.5. The molecule has 0 bridgehead atoms. The van der Waals surface area contributed by atoms with E-state index in [1.165, 1.54) is 0 Å². The lowest BCUT2D eigenvalue weighted by atomic mass is 10.1. The Hall–Kier alpha value is -1.63. The van der Waals surface area contributed by atoms with Crippen LogP contribution in [0, 0.1) is 6.92 Å². The Bertz CT molecular complexity index is 834. The number of piperidine rings is 1. The lowest BCUT2D eigenvalue weighted by molar-refractivity contribution is -0.140. The first-order valence-electron chi connectivity index (χ1n) is 9.60. The topological polar surface area (TPSA) is 65.4 Å². The van der Waals surface area contributed by atoms with Gasteiger partial charge in [-0.3, -0.25) is 0 Å². The van der Waals surface area contributed by atoms with Crippen molar-refractivity contribution in [2.45, 2.75) is 45.5 Å². The molecule has 3 heterocycles. The van der Waals surface area contributed by atoms with Crippen molar-refractivity contribution in [1.82, 2.24) is 20.6 Å². The third-order valence-electron chi connectivity index (χ3n) is 4.59. The molecule has 0 unspecified atom stereocenters. The minimum atomic E-state index is -4.42. The fraction of sp³-hybridized carbons (Fsp3) is 0.526. The zero-order valence-corrected chi connectivity index (χ0v) is 20.0. The van der Waals surface area contributed by atoms with Crippen LogP contribution in [0.4, 0.5) is 19.0 Å². The highest BCUT2D eigenvalue weighted by Crippen LogP contribution is 2.30. The maximum absolute atomic E-state index is 12.7. The molecule has 0 atom stereocenters. The molecule has 1 saturated heterocycles. The highest BCUT2D eigenvalue weighted by atomic mass is 127. The number of nitrogens with zero attached hydrogens (tertiary/aromatic N) is 4. The molecule has 1 aliphatic heterocycles. The number of anilines is 1. The number of guanidine groups is 1. The van der Waals surface area contributed by atoms with E-state index in [0.717, 1.165) is 54.2 Å². The van der Waals surface area contributed by atoms with Gasteiger partial charge in [-0.25, -0.2) is 15.0 Å². The van der Waals surface area contributed by atoms with Crippen molar-refractivity contribution in [1.29, 1.82) is 0 Å². The van der Waals surface area contributed by atoms with E-state index in [1.807, 2.05) is 32.0 Å². The molecular formula is C19H26F3IN6S. The van der Waals surface area contributed by atoms with E-state index in [-0.39, 0.29) is 36.6 Å². The standard InChI is InChI=1S/C19H25F3N6S.HI/c1-3-23-18(24-11-17-27-15(12-29-17)19(20,21)22)26-14-7-9-28(10-8-14)16-6-4-5-13(2)25-16;/h4-6,12,14H,3,7-11H2,1-2H3,(H2,23,24,26);1H. The van der Waals surface area contributed by atoms with Gasteiger partial charge < -0.3 is 15.5 Å². The van der Waals surface area contributed by atoms with Gasteiger partial charge in [0, 0.05) is 36.8 Å². The van der Waals surface area contributed by atoms with E-state index in [4.69, 9.17) is 0 Å². The highest BCUT2D eigenvalue weighted by molar-refractivity contribution is 14.0. The predicted molar refractivity (Wildman–Crippen MR) is 125 cm³/mol. The van der Waals surface area contributed by atoms with Gasteiger partial charge in [-0.1, -0.05) is 6.07 Å². The number of alkyl halides is 3. The van der Waals surface area contributed by atoms with E-state index in [2.05, 4.69) is 30.5 Å². The van der Waals surface area contributed by atoms with E-state index >= 15 is 0 Å². The van der Waals surface area contributed by atoms with Crippen LogP contribution in [0.3, 0.4) is 0 Å². The molecule has 2 aromatic heterocycles. The van der Waals surface area contributed by atoms with Gasteiger partial charge in [0.15, 0.2) is 11.7 Å². The van der Waals surface area contributed by atoms with Gasteiger partial charge in [-0.05, 0) is 38.8 Å². The molecule has 2 N–H and O–H groups in total. The molecule has 166 valence electrons. The summed E-state index contributed by atoms with van der Waals surface area (Å²) in [5, 5.41) is 7.92. The van der Waals surface area contributed by atoms with Gasteiger partial charge in [0.05, 0.1) is 6.54 Å². The number of nitrogens with one attached hydrogen (secondary N) is 2. The molecule has 0 spiro atoms. The summed E-state index contributed by atoms with van der Waals surface area (Å²) in [4.78, 5) is 14.9. The van der Waals surface area contributed by atoms with Gasteiger partial charge >= 0.3 is 6.18 Å². The normalized spacial score (nSPS) is 15.6. The first-order chi connectivity index (χ1) is 13.8. The number of halogens is 4. The zero-order valence-electron chi connectivity index (χ0n) is 16.9. The van der Waals surface area contributed by atoms with Crippen molar-refractivity contribution >= 4 is 47.1 Å². The molecule has 0 radical (unpaired) electrons. The summed E-state index contributed by atoms with van der Waals surface area (Å²) in [5.74, 6) is 1.59. The summed E-state index contributed by atoms with van der Waals surface area (Å²) in [7, 11) is 0. The Labute approximate surface area is 195 Å². The number of aryl methyl sites for hydroxylation is 1. The van der Waals surface area contributed by atoms with Crippen molar-refractivity contribution in [3.8, 4) is 0 Å². The number of aromatic nitrogens is 2. The SMILES string of the molecule is CCNC(=NCc1nc(C(F)(F)F)cs1)NC1CCN(c2cccc(C)n2)CC1.I. The third kappa shape index (κ3) is 6.96. The number of rotatable bonds is 5. The molecule has 0 saturated carbocycles. The Morgan fingerprint density at radius 2 is 2.00 bits per heavy atom. The van der Waals surface area contributed by atoms with Crippen molar-refractivity contribution in [3.05, 3.63) is 40.0 Å². The van der Waals surface area contributed by atoms with Crippen molar-refractivity contribution in [3.63, 3.8) is 0 Å². The van der Waals surface area contributed by atoms with Crippen LogP contribution in [0.2, 0.25) is 0 Å². The molecule has 6 nitrogen and oxygen atoms in total. The molecule has 1 aliphatic rings. The Morgan fingerprint density at radius 1 is 1.27 bits per heavy atom. The number of hydrogen-bond donors (Lipinski definition) is 2. The molecule has 30 heavy (non-hydrogen) atoms. The summed E-state index contributed by atoms with van der Waals surface area (Å²) in [6, 6.07) is 6.27. The molecule has 3 rings (SSSR count). The average molecular weight is 554 g/mol. The summed E-state index contributed by atoms with van der Waals surface area (Å²) in [6.07, 6.45) is -2.56. The summed E-state index contributed by atoms with van der Waals surface area (Å²) < 4.78 is 38.0. The Kier molecular flexibility index (Phi) is 9.13. The highest BCUT2D eigenvalue weighted by Gasteiger charge is 2.33. The predicted octanol–water partition coefficient (Wildman–Crippen LogP) is 4.21. The van der Waals surface area contributed by atoms with Crippen LogP contribution in [0.25, 0.3) is 0 Å². The second-order valence-corrected chi connectivity index (χ2v) is 7.80. The zero-order chi connectivity index (χ0) is 20.9. The second kappa shape index (κ2) is 11.1. The van der Waals surface area contributed by atoms with Gasteiger partial charge in [0.1, 0.15) is 10.8 Å². The molecule has 2 aromatic rings. The van der Waals surface area contributed by atoms with Crippen LogP contribution >= 0.6 is 35.3 Å². The monoisotopic (exact) mass is 554 g/mol. The fourth-order valence-electron chi connectivity index (χ4n) is 3.13.